The molecule has 3 rings (SSSR count). The minimum Gasteiger partial charge on any atom is -0.377 e. The van der Waals surface area contributed by atoms with Gasteiger partial charge in [0.1, 0.15) is 19.8 Å². The molecule has 350 valence electrons. The molecule has 0 aromatic carbocycles. The second-order valence-electron chi connectivity index (χ2n) is 16.6. The highest BCUT2D eigenvalue weighted by atomic mass is 31.2. The molecule has 1 unspecified atom stereocenters. The Kier molecular flexibility index (Phi) is 25.6. The Hall–Kier alpha value is -3.53. The first-order chi connectivity index (χ1) is 29.6. The van der Waals surface area contributed by atoms with Gasteiger partial charge in [0.25, 0.3) is 0 Å². The van der Waals surface area contributed by atoms with Crippen molar-refractivity contribution < 1.29 is 61.6 Å². The monoisotopic (exact) mass is 894 g/mol. The summed E-state index contributed by atoms with van der Waals surface area (Å²) < 4.78 is 51.3. The van der Waals surface area contributed by atoms with Crippen LogP contribution in [0.1, 0.15) is 97.8 Å². The Bertz CT molecular complexity index is 1430. The molecule has 1 atom stereocenters. The lowest BCUT2D eigenvalue weighted by Gasteiger charge is -2.53. The van der Waals surface area contributed by atoms with Crippen LogP contribution in [0.2, 0.25) is 0 Å². The highest BCUT2D eigenvalue weighted by Crippen LogP contribution is 2.64. The van der Waals surface area contributed by atoms with Gasteiger partial charge < -0.3 is 59.1 Å². The van der Waals surface area contributed by atoms with Crippen LogP contribution in [0.3, 0.4) is 0 Å². The van der Waals surface area contributed by atoms with Gasteiger partial charge in [0.15, 0.2) is 0 Å². The van der Waals surface area contributed by atoms with Crippen LogP contribution in [0.4, 0.5) is 0 Å². The fourth-order valence-electron chi connectivity index (χ4n) is 7.13. The largest absolute Gasteiger partial charge is 0.377 e. The standard InChI is InChI=1S/C44H71N4O13P/c1-7-25-55-31-34-58-28-22-45-37(49)10-13-43(14-11-38(50)46-23-29-59-35-32-56-26-8-2,15-12-39(51)47-24-30-60-36-33-57-27-9-3)48-40(52)42-16-19-44(20-17-42,21-18-42)61-62(53,54)41(4,5)6/h1-3H,10-36H2,4-6H3,(H,45,49)(H,46,50)(H,47,51)(H,48,52)(H,53,54). The molecule has 62 heavy (non-hydrogen) atoms. The van der Waals surface area contributed by atoms with Crippen molar-refractivity contribution >= 4 is 31.2 Å². The van der Waals surface area contributed by atoms with Gasteiger partial charge in [-0.1, -0.05) is 17.8 Å². The van der Waals surface area contributed by atoms with Crippen LogP contribution in [-0.2, 0) is 56.7 Å². The van der Waals surface area contributed by atoms with Gasteiger partial charge in [-0.2, -0.15) is 0 Å². The van der Waals surface area contributed by atoms with Crippen molar-refractivity contribution in [1.29, 1.82) is 0 Å². The van der Waals surface area contributed by atoms with E-state index in [-0.39, 0.29) is 121 Å². The Morgan fingerprint density at radius 3 is 1.24 bits per heavy atom. The molecule has 2 bridgehead atoms. The Morgan fingerprint density at radius 1 is 0.581 bits per heavy atom. The van der Waals surface area contributed by atoms with Crippen molar-refractivity contribution in [1.82, 2.24) is 21.3 Å². The van der Waals surface area contributed by atoms with E-state index < -0.39 is 29.3 Å². The van der Waals surface area contributed by atoms with E-state index in [1.54, 1.807) is 20.8 Å². The predicted octanol–water partition coefficient (Wildman–Crippen LogP) is 2.62. The van der Waals surface area contributed by atoms with Gasteiger partial charge >= 0.3 is 7.60 Å². The lowest BCUT2D eigenvalue weighted by Crippen LogP contribution is -2.59. The molecule has 0 radical (unpaired) electrons. The zero-order valence-electron chi connectivity index (χ0n) is 37.1. The average molecular weight is 895 g/mol. The molecule has 0 spiro atoms. The van der Waals surface area contributed by atoms with Crippen molar-refractivity contribution in [2.24, 2.45) is 5.41 Å². The van der Waals surface area contributed by atoms with Crippen molar-refractivity contribution in [3.8, 4) is 37.0 Å². The topological polar surface area (TPSA) is 218 Å². The third kappa shape index (κ3) is 20.8. The summed E-state index contributed by atoms with van der Waals surface area (Å²) in [6, 6.07) is 0. The molecule has 3 aliphatic rings. The van der Waals surface area contributed by atoms with Gasteiger partial charge in [0.05, 0.1) is 70.2 Å². The Labute approximate surface area is 368 Å². The van der Waals surface area contributed by atoms with E-state index in [1.807, 2.05) is 0 Å². The number of hydrogen-bond acceptors (Lipinski definition) is 12. The summed E-state index contributed by atoms with van der Waals surface area (Å²) in [6.07, 6.45) is 18.5. The number of carbonyl (C=O) groups excluding carboxylic acids is 4. The third-order valence-corrected chi connectivity index (χ3v) is 13.4. The summed E-state index contributed by atoms with van der Waals surface area (Å²) in [6.45, 7) is 8.85. The van der Waals surface area contributed by atoms with Crippen molar-refractivity contribution in [2.75, 3.05) is 98.9 Å². The number of amides is 4. The maximum absolute atomic E-state index is 14.6. The molecule has 3 fully saturated rings. The molecular formula is C44H71N4O13P. The molecule has 4 amide bonds. The zero-order valence-corrected chi connectivity index (χ0v) is 38.0. The molecule has 17 nitrogen and oxygen atoms in total. The summed E-state index contributed by atoms with van der Waals surface area (Å²) in [7, 11) is -3.97. The van der Waals surface area contributed by atoms with Gasteiger partial charge in [-0.05, 0) is 78.6 Å². The summed E-state index contributed by atoms with van der Waals surface area (Å²) in [4.78, 5) is 65.2. The predicted molar refractivity (Wildman–Crippen MR) is 233 cm³/mol. The molecule has 0 aromatic rings. The van der Waals surface area contributed by atoms with Crippen LogP contribution in [-0.4, -0.2) is 144 Å². The van der Waals surface area contributed by atoms with E-state index in [2.05, 4.69) is 39.0 Å². The quantitative estimate of drug-likeness (QED) is 0.0357. The summed E-state index contributed by atoms with van der Waals surface area (Å²) >= 11 is 0. The third-order valence-electron chi connectivity index (χ3n) is 11.1. The van der Waals surface area contributed by atoms with Gasteiger partial charge in [-0.3, -0.25) is 23.7 Å². The highest BCUT2D eigenvalue weighted by molar-refractivity contribution is 7.54. The smallest absolute Gasteiger partial charge is 0.333 e. The summed E-state index contributed by atoms with van der Waals surface area (Å²) in [5.74, 6) is 6.02. The molecule has 3 saturated carbocycles. The van der Waals surface area contributed by atoms with Crippen LogP contribution in [0.25, 0.3) is 0 Å². The number of hydrogen-bond donors (Lipinski definition) is 5. The SMILES string of the molecule is C#CCOCCOCCNC(=O)CCC(CCC(=O)NCCOCCOCC#C)(CCC(=O)NCCOCCOCC#C)NC(=O)C12CCC(OP(=O)(O)C(C)(C)C)(CC1)CC2. The average Bonchev–Trinajstić information content (AvgIpc) is 3.24. The van der Waals surface area contributed by atoms with E-state index in [0.29, 0.717) is 78.2 Å². The van der Waals surface area contributed by atoms with E-state index >= 15 is 0 Å². The second kappa shape index (κ2) is 29.0. The van der Waals surface area contributed by atoms with E-state index in [9.17, 15) is 28.6 Å². The highest BCUT2D eigenvalue weighted by Gasteiger charge is 2.57. The zero-order chi connectivity index (χ0) is 45.8. The first-order valence-corrected chi connectivity index (χ1v) is 23.1. The van der Waals surface area contributed by atoms with Crippen molar-refractivity contribution in [2.45, 2.75) is 114 Å². The fourth-order valence-corrected chi connectivity index (χ4v) is 8.20. The van der Waals surface area contributed by atoms with Gasteiger partial charge in [0, 0.05) is 49.9 Å². The van der Waals surface area contributed by atoms with Crippen LogP contribution in [0.5, 0.6) is 0 Å². The molecule has 0 aromatic heterocycles. The Morgan fingerprint density at radius 2 is 0.919 bits per heavy atom. The number of rotatable bonds is 34. The number of ether oxygens (including phenoxy) is 6. The van der Waals surface area contributed by atoms with Gasteiger partial charge in [-0.25, -0.2) is 0 Å². The number of terminal acetylenes is 3. The molecule has 0 aliphatic heterocycles. The molecule has 5 N–H and O–H groups in total. The molecule has 3 aliphatic carbocycles. The fraction of sp³-hybridized carbons (Fsp3) is 0.773. The van der Waals surface area contributed by atoms with E-state index in [0.717, 1.165) is 0 Å². The molecular weight excluding hydrogens is 823 g/mol. The first kappa shape index (κ1) is 54.6. The lowest BCUT2D eigenvalue weighted by molar-refractivity contribution is -0.148. The van der Waals surface area contributed by atoms with Gasteiger partial charge in [-0.15, -0.1) is 19.3 Å². The summed E-state index contributed by atoms with van der Waals surface area (Å²) in [5, 5.41) is 10.9. The normalized spacial score (nSPS) is 19.3. The van der Waals surface area contributed by atoms with Crippen molar-refractivity contribution in [3.63, 3.8) is 0 Å². The minimum absolute atomic E-state index is 0.0114. The van der Waals surface area contributed by atoms with Crippen LogP contribution < -0.4 is 21.3 Å². The van der Waals surface area contributed by atoms with Crippen LogP contribution in [0, 0.1) is 42.4 Å². The van der Waals surface area contributed by atoms with E-state index in [4.69, 9.17) is 52.2 Å². The lowest BCUT2D eigenvalue weighted by atomic mass is 9.58. The maximum Gasteiger partial charge on any atom is 0.333 e. The van der Waals surface area contributed by atoms with Crippen LogP contribution >= 0.6 is 7.60 Å². The first-order valence-electron chi connectivity index (χ1n) is 21.5. The molecule has 0 saturated heterocycles. The van der Waals surface area contributed by atoms with E-state index in [1.165, 1.54) is 0 Å². The molecule has 18 heteroatoms. The summed E-state index contributed by atoms with van der Waals surface area (Å²) in [5.41, 5.74) is -2.75. The number of fused-ring (bicyclic) bond motifs is 3. The van der Waals surface area contributed by atoms with Crippen molar-refractivity contribution in [3.05, 3.63) is 0 Å². The minimum atomic E-state index is -3.97. The second-order valence-corrected chi connectivity index (χ2v) is 19.2. The van der Waals surface area contributed by atoms with Crippen LogP contribution in [0.15, 0.2) is 0 Å². The number of carbonyl (C=O) groups is 4. The number of nitrogens with one attached hydrogen (secondary N) is 4. The van der Waals surface area contributed by atoms with Gasteiger partial charge in [0.2, 0.25) is 23.6 Å². The molecule has 0 heterocycles. The maximum atomic E-state index is 14.6. The Balaban J connectivity index is 2.22.